The third-order valence-corrected chi connectivity index (χ3v) is 2.78. The van der Waals surface area contributed by atoms with E-state index < -0.39 is 0 Å². The average Bonchev–Trinajstić information content (AvgIpc) is 3.21. The molecule has 0 unspecified atom stereocenters. The molecular weight excluding hydrogens is 258 g/mol. The molecule has 0 bridgehead atoms. The highest BCUT2D eigenvalue weighted by molar-refractivity contribution is 5.87. The quantitative estimate of drug-likeness (QED) is 0.442. The number of H-pyrrole nitrogens is 3. The molecule has 0 aliphatic heterocycles. The molecule has 4 rings (SSSR count). The third-order valence-electron chi connectivity index (χ3n) is 2.78. The van der Waals surface area contributed by atoms with Crippen LogP contribution in [0.5, 0.6) is 0 Å². The van der Waals surface area contributed by atoms with E-state index in [4.69, 9.17) is 0 Å². The Labute approximate surface area is 111 Å². The summed E-state index contributed by atoms with van der Waals surface area (Å²) in [5, 5.41) is 23.6. The van der Waals surface area contributed by atoms with E-state index in [2.05, 4.69) is 45.9 Å². The van der Waals surface area contributed by atoms with E-state index in [1.54, 1.807) is 30.7 Å². The maximum absolute atomic E-state index is 4.46. The Morgan fingerprint density at radius 1 is 1.00 bits per heavy atom. The number of rotatable bonds is 3. The number of nitrogens with zero attached hydrogens (tertiary/aromatic N) is 5. The lowest BCUT2D eigenvalue weighted by atomic mass is 10.3. The Bertz CT molecular complexity index is 828. The van der Waals surface area contributed by atoms with E-state index in [1.807, 2.05) is 0 Å². The summed E-state index contributed by atoms with van der Waals surface area (Å²) in [6.45, 7) is 0. The molecule has 0 radical (unpaired) electrons. The second kappa shape index (κ2) is 4.16. The van der Waals surface area contributed by atoms with Crippen LogP contribution in [-0.2, 0) is 0 Å². The normalized spacial score (nSPS) is 11.0. The Hall–Kier alpha value is -3.23. The predicted molar refractivity (Wildman–Crippen MR) is 71.1 cm³/mol. The molecule has 4 aromatic heterocycles. The lowest BCUT2D eigenvalue weighted by Crippen LogP contribution is -1.99. The maximum Gasteiger partial charge on any atom is 0.182 e. The van der Waals surface area contributed by atoms with Gasteiger partial charge in [-0.15, -0.1) is 0 Å². The zero-order valence-electron chi connectivity index (χ0n) is 10.1. The van der Waals surface area contributed by atoms with E-state index in [9.17, 15) is 0 Å². The van der Waals surface area contributed by atoms with Gasteiger partial charge >= 0.3 is 0 Å². The number of aromatic amines is 3. The van der Waals surface area contributed by atoms with Gasteiger partial charge in [0.15, 0.2) is 17.5 Å². The van der Waals surface area contributed by atoms with Crippen LogP contribution in [0.3, 0.4) is 0 Å². The van der Waals surface area contributed by atoms with Gasteiger partial charge in [-0.05, 0) is 6.07 Å². The number of hydrogen-bond acceptors (Lipinski definition) is 6. The third kappa shape index (κ3) is 1.68. The Kier molecular flexibility index (Phi) is 2.22. The first-order valence-corrected chi connectivity index (χ1v) is 5.88. The lowest BCUT2D eigenvalue weighted by Gasteiger charge is -2.04. The van der Waals surface area contributed by atoms with Crippen molar-refractivity contribution in [1.29, 1.82) is 0 Å². The minimum Gasteiger partial charge on any atom is -0.322 e. The van der Waals surface area contributed by atoms with Gasteiger partial charge in [0.2, 0.25) is 0 Å². The molecular formula is C11H9N9. The van der Waals surface area contributed by atoms with Crippen LogP contribution in [0.4, 0.5) is 11.6 Å². The molecule has 4 heterocycles. The lowest BCUT2D eigenvalue weighted by molar-refractivity contribution is 1.07. The van der Waals surface area contributed by atoms with Crippen LogP contribution in [0.1, 0.15) is 0 Å². The summed E-state index contributed by atoms with van der Waals surface area (Å²) < 4.78 is 0. The summed E-state index contributed by atoms with van der Waals surface area (Å²) >= 11 is 0. The largest absolute Gasteiger partial charge is 0.322 e. The van der Waals surface area contributed by atoms with Crippen LogP contribution in [0.2, 0.25) is 0 Å². The molecule has 0 fully saturated rings. The van der Waals surface area contributed by atoms with Gasteiger partial charge in [-0.3, -0.25) is 15.3 Å². The van der Waals surface area contributed by atoms with Gasteiger partial charge in [0, 0.05) is 18.5 Å². The molecule has 0 amide bonds. The van der Waals surface area contributed by atoms with Gasteiger partial charge in [-0.25, -0.2) is 9.97 Å². The molecule has 0 aromatic carbocycles. The summed E-state index contributed by atoms with van der Waals surface area (Å²) in [6.07, 6.45) is 5.09. The van der Waals surface area contributed by atoms with E-state index in [1.165, 1.54) is 0 Å². The number of nitrogens with one attached hydrogen (secondary N) is 4. The Morgan fingerprint density at radius 2 is 1.90 bits per heavy atom. The van der Waals surface area contributed by atoms with Crippen LogP contribution < -0.4 is 5.32 Å². The van der Waals surface area contributed by atoms with E-state index >= 15 is 0 Å². The SMILES string of the molecule is c1cc(Nc2nc(-c3cc[nH]n3)nc3cn[nH]c23)n[nH]1. The summed E-state index contributed by atoms with van der Waals surface area (Å²) in [5.41, 5.74) is 2.08. The standard InChI is InChI=1S/C11H9N9/c1-3-12-18-6(1)10-15-7-5-14-20-9(7)11(17-10)16-8-2-4-13-19-8/h1-5H,(H,12,18)(H,14,20)(H2,13,15,16,17,19). The molecule has 9 heteroatoms. The zero-order valence-corrected chi connectivity index (χ0v) is 10.1. The van der Waals surface area contributed by atoms with E-state index in [0.717, 1.165) is 0 Å². The predicted octanol–water partition coefficient (Wildman–Crippen LogP) is 1.21. The number of anilines is 2. The van der Waals surface area contributed by atoms with Crippen LogP contribution >= 0.6 is 0 Å². The second-order valence-electron chi connectivity index (χ2n) is 4.07. The van der Waals surface area contributed by atoms with Crippen LogP contribution in [0.15, 0.2) is 30.7 Å². The van der Waals surface area contributed by atoms with Crippen LogP contribution in [0, 0.1) is 0 Å². The van der Waals surface area contributed by atoms with Gasteiger partial charge in [-0.1, -0.05) is 0 Å². The number of hydrogen-bond donors (Lipinski definition) is 4. The fourth-order valence-electron chi connectivity index (χ4n) is 1.88. The molecule has 20 heavy (non-hydrogen) atoms. The van der Waals surface area contributed by atoms with E-state index in [0.29, 0.717) is 34.2 Å². The first kappa shape index (κ1) is 10.7. The zero-order chi connectivity index (χ0) is 13.4. The fraction of sp³-hybridized carbons (Fsp3) is 0. The molecule has 0 atom stereocenters. The van der Waals surface area contributed by atoms with Crippen molar-refractivity contribution in [1.82, 2.24) is 40.6 Å². The molecule has 0 aliphatic rings. The summed E-state index contributed by atoms with van der Waals surface area (Å²) in [5.74, 6) is 1.77. The van der Waals surface area contributed by atoms with Crippen molar-refractivity contribution in [2.75, 3.05) is 5.32 Å². The molecule has 0 saturated heterocycles. The highest BCUT2D eigenvalue weighted by atomic mass is 15.2. The minimum absolute atomic E-state index is 0.512. The summed E-state index contributed by atoms with van der Waals surface area (Å²) in [7, 11) is 0. The van der Waals surface area contributed by atoms with Crippen molar-refractivity contribution in [2.24, 2.45) is 0 Å². The summed E-state index contributed by atoms with van der Waals surface area (Å²) in [4.78, 5) is 8.87. The van der Waals surface area contributed by atoms with Gasteiger partial charge in [0.05, 0.1) is 6.20 Å². The molecule has 9 nitrogen and oxygen atoms in total. The molecule has 98 valence electrons. The van der Waals surface area contributed by atoms with Crippen molar-refractivity contribution in [3.8, 4) is 11.5 Å². The molecule has 4 aromatic rings. The van der Waals surface area contributed by atoms with Gasteiger partial charge in [0.25, 0.3) is 0 Å². The maximum atomic E-state index is 4.46. The smallest absolute Gasteiger partial charge is 0.182 e. The second-order valence-corrected chi connectivity index (χ2v) is 4.07. The Morgan fingerprint density at radius 3 is 2.70 bits per heavy atom. The minimum atomic E-state index is 0.512. The molecule has 0 spiro atoms. The first-order valence-electron chi connectivity index (χ1n) is 5.88. The number of aromatic nitrogens is 8. The highest BCUT2D eigenvalue weighted by Crippen LogP contribution is 2.23. The van der Waals surface area contributed by atoms with Crippen molar-refractivity contribution < 1.29 is 0 Å². The average molecular weight is 267 g/mol. The molecule has 4 N–H and O–H groups in total. The Balaban J connectivity index is 1.87. The highest BCUT2D eigenvalue weighted by Gasteiger charge is 2.12. The van der Waals surface area contributed by atoms with Crippen molar-refractivity contribution in [3.63, 3.8) is 0 Å². The van der Waals surface area contributed by atoms with Crippen molar-refractivity contribution >= 4 is 22.7 Å². The summed E-state index contributed by atoms with van der Waals surface area (Å²) in [6, 6.07) is 3.61. The fourth-order valence-corrected chi connectivity index (χ4v) is 1.88. The van der Waals surface area contributed by atoms with E-state index in [-0.39, 0.29) is 0 Å². The van der Waals surface area contributed by atoms with Crippen LogP contribution in [0.25, 0.3) is 22.6 Å². The van der Waals surface area contributed by atoms with Crippen molar-refractivity contribution in [2.45, 2.75) is 0 Å². The van der Waals surface area contributed by atoms with Gasteiger partial charge < -0.3 is 5.32 Å². The monoisotopic (exact) mass is 267 g/mol. The molecule has 0 saturated carbocycles. The topological polar surface area (TPSA) is 124 Å². The first-order chi connectivity index (χ1) is 9.90. The van der Waals surface area contributed by atoms with Gasteiger partial charge in [0.1, 0.15) is 16.7 Å². The van der Waals surface area contributed by atoms with Gasteiger partial charge in [-0.2, -0.15) is 15.3 Å². The molecule has 0 aliphatic carbocycles. The number of fused-ring (bicyclic) bond motifs is 1. The van der Waals surface area contributed by atoms with Crippen molar-refractivity contribution in [3.05, 3.63) is 30.7 Å². The van der Waals surface area contributed by atoms with Crippen LogP contribution in [-0.4, -0.2) is 40.6 Å².